The second kappa shape index (κ2) is 2.49. The molecule has 2 nitrogen and oxygen atoms in total. The van der Waals surface area contributed by atoms with Crippen LogP contribution in [0.25, 0.3) is 0 Å². The van der Waals surface area contributed by atoms with Gasteiger partial charge in [-0.05, 0) is 19.1 Å². The Bertz CT molecular complexity index is 179. The zero-order chi connectivity index (χ0) is 6.69. The third-order valence-electron chi connectivity index (χ3n) is 1.15. The molecule has 0 spiro atoms. The predicted molar refractivity (Wildman–Crippen MR) is 36.7 cm³/mol. The summed E-state index contributed by atoms with van der Waals surface area (Å²) in [5.74, 6) is 0. The first-order chi connectivity index (χ1) is 4.33. The third kappa shape index (κ3) is 1.42. The standard InChI is InChI=1S/C7H9N2/c1-6-3-4-7(8-2)5-9-6/h3-5H,1-2H3. The molecule has 0 saturated heterocycles. The summed E-state index contributed by atoms with van der Waals surface area (Å²) < 4.78 is 0. The fourth-order valence-electron chi connectivity index (χ4n) is 0.592. The molecule has 1 radical (unpaired) electrons. The Hall–Kier alpha value is -1.05. The van der Waals surface area contributed by atoms with Crippen LogP contribution in [0.5, 0.6) is 0 Å². The van der Waals surface area contributed by atoms with Crippen LogP contribution in [0.3, 0.4) is 0 Å². The number of aromatic nitrogens is 1. The molecule has 2 heteroatoms. The lowest BCUT2D eigenvalue weighted by Crippen LogP contribution is -1.87. The van der Waals surface area contributed by atoms with E-state index in [2.05, 4.69) is 10.3 Å². The van der Waals surface area contributed by atoms with E-state index in [9.17, 15) is 0 Å². The number of pyridine rings is 1. The number of rotatable bonds is 1. The molecule has 0 amide bonds. The summed E-state index contributed by atoms with van der Waals surface area (Å²) in [7, 11) is 1.76. The Morgan fingerprint density at radius 2 is 2.22 bits per heavy atom. The largest absolute Gasteiger partial charge is 0.287 e. The molecule has 1 aromatic heterocycles. The van der Waals surface area contributed by atoms with Crippen molar-refractivity contribution in [3.63, 3.8) is 0 Å². The van der Waals surface area contributed by atoms with Crippen molar-refractivity contribution in [3.05, 3.63) is 24.0 Å². The number of aryl methyl sites for hydroxylation is 1. The van der Waals surface area contributed by atoms with Gasteiger partial charge in [0.1, 0.15) is 0 Å². The van der Waals surface area contributed by atoms with Gasteiger partial charge in [-0.25, -0.2) is 0 Å². The first kappa shape index (κ1) is 6.08. The molecule has 0 aliphatic carbocycles. The zero-order valence-corrected chi connectivity index (χ0v) is 5.63. The molecule has 9 heavy (non-hydrogen) atoms. The summed E-state index contributed by atoms with van der Waals surface area (Å²) in [5.41, 5.74) is 1.96. The van der Waals surface area contributed by atoms with Crippen LogP contribution in [0.4, 0.5) is 5.69 Å². The molecule has 1 aromatic rings. The summed E-state index contributed by atoms with van der Waals surface area (Å²) in [4.78, 5) is 4.06. The van der Waals surface area contributed by atoms with Crippen LogP contribution < -0.4 is 5.32 Å². The third-order valence-corrected chi connectivity index (χ3v) is 1.15. The lowest BCUT2D eigenvalue weighted by molar-refractivity contribution is 1.06. The van der Waals surface area contributed by atoms with Crippen molar-refractivity contribution in [1.82, 2.24) is 10.3 Å². The van der Waals surface area contributed by atoms with Gasteiger partial charge in [0, 0.05) is 12.7 Å². The van der Waals surface area contributed by atoms with Crippen molar-refractivity contribution < 1.29 is 0 Å². The molecule has 0 aliphatic rings. The van der Waals surface area contributed by atoms with Gasteiger partial charge in [0.05, 0.1) is 11.9 Å². The van der Waals surface area contributed by atoms with Gasteiger partial charge in [-0.15, -0.1) is 0 Å². The Morgan fingerprint density at radius 1 is 1.44 bits per heavy atom. The quantitative estimate of drug-likeness (QED) is 0.549. The summed E-state index contributed by atoms with van der Waals surface area (Å²) in [6.45, 7) is 1.96. The van der Waals surface area contributed by atoms with Crippen molar-refractivity contribution in [2.24, 2.45) is 0 Å². The van der Waals surface area contributed by atoms with Gasteiger partial charge in [-0.3, -0.25) is 10.3 Å². The van der Waals surface area contributed by atoms with Crippen molar-refractivity contribution in [3.8, 4) is 0 Å². The maximum Gasteiger partial charge on any atom is 0.0754 e. The Labute approximate surface area is 54.9 Å². The highest BCUT2D eigenvalue weighted by Gasteiger charge is 1.86. The minimum Gasteiger partial charge on any atom is -0.287 e. The van der Waals surface area contributed by atoms with Crippen LogP contribution in [-0.4, -0.2) is 12.0 Å². The van der Waals surface area contributed by atoms with E-state index in [1.54, 1.807) is 13.2 Å². The van der Waals surface area contributed by atoms with Gasteiger partial charge < -0.3 is 0 Å². The summed E-state index contributed by atoms with van der Waals surface area (Å²) in [6, 6.07) is 3.89. The van der Waals surface area contributed by atoms with Gasteiger partial charge >= 0.3 is 0 Å². The first-order valence-electron chi connectivity index (χ1n) is 2.85. The SMILES string of the molecule is C[N]c1ccc(C)nc1. The molecule has 47 valence electrons. The molecule has 0 aromatic carbocycles. The van der Waals surface area contributed by atoms with Crippen LogP contribution >= 0.6 is 0 Å². The van der Waals surface area contributed by atoms with Gasteiger partial charge in [0.25, 0.3) is 0 Å². The average molecular weight is 121 g/mol. The monoisotopic (exact) mass is 121 g/mol. The minimum absolute atomic E-state index is 0.931. The van der Waals surface area contributed by atoms with Gasteiger partial charge in [-0.2, -0.15) is 0 Å². The van der Waals surface area contributed by atoms with Gasteiger partial charge in [0.2, 0.25) is 0 Å². The topological polar surface area (TPSA) is 27.0 Å². The molecule has 0 atom stereocenters. The van der Waals surface area contributed by atoms with E-state index >= 15 is 0 Å². The highest BCUT2D eigenvalue weighted by Crippen LogP contribution is 2.02. The van der Waals surface area contributed by atoms with Crippen LogP contribution in [-0.2, 0) is 0 Å². The lowest BCUT2D eigenvalue weighted by atomic mass is 10.3. The van der Waals surface area contributed by atoms with Crippen molar-refractivity contribution >= 4 is 5.69 Å². The molecular weight excluding hydrogens is 112 g/mol. The van der Waals surface area contributed by atoms with Crippen LogP contribution in [0.1, 0.15) is 5.69 Å². The highest BCUT2D eigenvalue weighted by atomic mass is 14.8. The van der Waals surface area contributed by atoms with Crippen LogP contribution in [0.2, 0.25) is 0 Å². The number of nitrogens with zero attached hydrogens (tertiary/aromatic N) is 2. The predicted octanol–water partition coefficient (Wildman–Crippen LogP) is 1.26. The normalized spacial score (nSPS) is 9.11. The van der Waals surface area contributed by atoms with E-state index in [0.717, 1.165) is 11.4 Å². The van der Waals surface area contributed by atoms with E-state index < -0.39 is 0 Å². The first-order valence-corrected chi connectivity index (χ1v) is 2.85. The second-order valence-electron chi connectivity index (χ2n) is 1.88. The highest BCUT2D eigenvalue weighted by molar-refractivity contribution is 5.31. The van der Waals surface area contributed by atoms with Crippen LogP contribution in [0.15, 0.2) is 18.3 Å². The number of hydrogen-bond donors (Lipinski definition) is 0. The Kier molecular flexibility index (Phi) is 1.68. The molecule has 0 aliphatic heterocycles. The zero-order valence-electron chi connectivity index (χ0n) is 5.63. The van der Waals surface area contributed by atoms with E-state index in [4.69, 9.17) is 0 Å². The van der Waals surface area contributed by atoms with E-state index in [1.807, 2.05) is 19.1 Å². The molecular formula is C7H9N2. The van der Waals surface area contributed by atoms with Gasteiger partial charge in [-0.1, -0.05) is 0 Å². The molecule has 0 unspecified atom stereocenters. The second-order valence-corrected chi connectivity index (χ2v) is 1.88. The minimum atomic E-state index is 0.931. The Morgan fingerprint density at radius 3 is 2.67 bits per heavy atom. The fourth-order valence-corrected chi connectivity index (χ4v) is 0.592. The summed E-state index contributed by atoms with van der Waals surface area (Å²) >= 11 is 0. The maximum absolute atomic E-state index is 4.06. The lowest BCUT2D eigenvalue weighted by Gasteiger charge is -1.94. The molecule has 0 bridgehead atoms. The van der Waals surface area contributed by atoms with E-state index in [1.165, 1.54) is 0 Å². The summed E-state index contributed by atoms with van der Waals surface area (Å²) in [6.07, 6.45) is 1.76. The van der Waals surface area contributed by atoms with E-state index in [-0.39, 0.29) is 0 Å². The van der Waals surface area contributed by atoms with Crippen molar-refractivity contribution in [2.45, 2.75) is 6.92 Å². The Balaban J connectivity index is 2.88. The molecule has 0 fully saturated rings. The maximum atomic E-state index is 4.06. The number of hydrogen-bond acceptors (Lipinski definition) is 1. The molecule has 0 N–H and O–H groups in total. The smallest absolute Gasteiger partial charge is 0.0754 e. The fraction of sp³-hybridized carbons (Fsp3) is 0.286. The van der Waals surface area contributed by atoms with Crippen molar-refractivity contribution in [1.29, 1.82) is 0 Å². The van der Waals surface area contributed by atoms with E-state index in [0.29, 0.717) is 0 Å². The average Bonchev–Trinajstić information content (AvgIpc) is 1.90. The van der Waals surface area contributed by atoms with Gasteiger partial charge in [0.15, 0.2) is 0 Å². The molecule has 0 saturated carbocycles. The van der Waals surface area contributed by atoms with Crippen LogP contribution in [0, 0.1) is 6.92 Å². The molecule has 1 heterocycles. The summed E-state index contributed by atoms with van der Waals surface area (Å²) in [5, 5.41) is 3.95. The van der Waals surface area contributed by atoms with Crippen molar-refractivity contribution in [2.75, 3.05) is 7.05 Å². The molecule has 1 rings (SSSR count).